The molecule has 1 saturated heterocycles. The van der Waals surface area contributed by atoms with Crippen molar-refractivity contribution in [3.63, 3.8) is 0 Å². The molecule has 1 aliphatic rings. The number of hydrogen-bond acceptors (Lipinski definition) is 2. The molecule has 2 heterocycles. The zero-order valence-corrected chi connectivity index (χ0v) is 17.1. The van der Waals surface area contributed by atoms with Gasteiger partial charge in [0.1, 0.15) is 0 Å². The number of unbranched alkanes of at least 4 members (excludes halogenated alkanes) is 1. The number of likely N-dealkylation sites (tertiary alicyclic amines) is 1. The summed E-state index contributed by atoms with van der Waals surface area (Å²) in [5, 5.41) is 3.52. The zero-order chi connectivity index (χ0) is 19.0. The molecule has 146 valence electrons. The number of hydrogen-bond donors (Lipinski definition) is 1. The molecule has 1 unspecified atom stereocenters. The van der Waals surface area contributed by atoms with Gasteiger partial charge in [0, 0.05) is 45.0 Å². The first kappa shape index (κ1) is 20.5. The summed E-state index contributed by atoms with van der Waals surface area (Å²) in [7, 11) is 1.88. The smallest absolute Gasteiger partial charge is 0.250 e. The predicted molar refractivity (Wildman–Crippen MR) is 110 cm³/mol. The van der Waals surface area contributed by atoms with Crippen molar-refractivity contribution in [2.75, 3.05) is 26.7 Å². The van der Waals surface area contributed by atoms with E-state index >= 15 is 0 Å². The number of pyridine rings is 1. The summed E-state index contributed by atoms with van der Waals surface area (Å²) in [5.41, 5.74) is 1.54. The van der Waals surface area contributed by atoms with E-state index in [0.717, 1.165) is 50.7 Å². The SMILES string of the molecule is CCCC1(C)CCCN(C(=NC)NCCCCn2c(C)cccc2=O)C1. The van der Waals surface area contributed by atoms with Gasteiger partial charge in [-0.1, -0.05) is 26.3 Å². The van der Waals surface area contributed by atoms with E-state index in [0.29, 0.717) is 5.41 Å². The van der Waals surface area contributed by atoms with E-state index in [9.17, 15) is 4.79 Å². The van der Waals surface area contributed by atoms with Crippen molar-refractivity contribution in [3.05, 3.63) is 34.2 Å². The van der Waals surface area contributed by atoms with Gasteiger partial charge in [0.15, 0.2) is 5.96 Å². The van der Waals surface area contributed by atoms with E-state index in [-0.39, 0.29) is 5.56 Å². The molecule has 5 heteroatoms. The summed E-state index contributed by atoms with van der Waals surface area (Å²) < 4.78 is 1.86. The monoisotopic (exact) mass is 360 g/mol. The normalized spacial score (nSPS) is 21.1. The number of piperidine rings is 1. The van der Waals surface area contributed by atoms with Crippen LogP contribution in [0, 0.1) is 12.3 Å². The Balaban J connectivity index is 1.78. The molecule has 1 aliphatic heterocycles. The van der Waals surface area contributed by atoms with Crippen molar-refractivity contribution in [2.24, 2.45) is 10.4 Å². The first-order valence-corrected chi connectivity index (χ1v) is 10.1. The van der Waals surface area contributed by atoms with E-state index in [2.05, 4.69) is 29.1 Å². The Kier molecular flexibility index (Phi) is 7.73. The van der Waals surface area contributed by atoms with Gasteiger partial charge in [-0.15, -0.1) is 0 Å². The Morgan fingerprint density at radius 1 is 1.35 bits per heavy atom. The van der Waals surface area contributed by atoms with Gasteiger partial charge in [0.25, 0.3) is 5.56 Å². The number of guanidine groups is 1. The maximum absolute atomic E-state index is 11.9. The highest BCUT2D eigenvalue weighted by atomic mass is 16.1. The third kappa shape index (κ3) is 5.61. The van der Waals surface area contributed by atoms with Crippen molar-refractivity contribution in [1.82, 2.24) is 14.8 Å². The van der Waals surface area contributed by atoms with Crippen molar-refractivity contribution in [1.29, 1.82) is 0 Å². The van der Waals surface area contributed by atoms with Crippen LogP contribution < -0.4 is 10.9 Å². The molecule has 1 aromatic heterocycles. The van der Waals surface area contributed by atoms with Crippen LogP contribution in [-0.2, 0) is 6.54 Å². The van der Waals surface area contributed by atoms with Gasteiger partial charge in [0.05, 0.1) is 0 Å². The molecule has 0 radical (unpaired) electrons. The number of nitrogens with one attached hydrogen (secondary N) is 1. The second-order valence-electron chi connectivity index (χ2n) is 7.92. The predicted octanol–water partition coefficient (Wildman–Crippen LogP) is 3.41. The molecule has 5 nitrogen and oxygen atoms in total. The Labute approximate surface area is 158 Å². The molecule has 0 saturated carbocycles. The lowest BCUT2D eigenvalue weighted by atomic mass is 9.78. The molecule has 0 amide bonds. The highest BCUT2D eigenvalue weighted by Crippen LogP contribution is 2.33. The quantitative estimate of drug-likeness (QED) is 0.460. The minimum absolute atomic E-state index is 0.0947. The van der Waals surface area contributed by atoms with Crippen LogP contribution >= 0.6 is 0 Å². The number of aromatic nitrogens is 1. The lowest BCUT2D eigenvalue weighted by Gasteiger charge is -2.42. The fraction of sp³-hybridized carbons (Fsp3) is 0.714. The molecule has 0 spiro atoms. The second-order valence-corrected chi connectivity index (χ2v) is 7.92. The molecule has 0 aliphatic carbocycles. The van der Waals surface area contributed by atoms with E-state index in [1.165, 1.54) is 25.7 Å². The van der Waals surface area contributed by atoms with E-state index < -0.39 is 0 Å². The zero-order valence-electron chi connectivity index (χ0n) is 17.1. The lowest BCUT2D eigenvalue weighted by molar-refractivity contribution is 0.142. The van der Waals surface area contributed by atoms with Gasteiger partial charge in [-0.05, 0) is 50.5 Å². The summed E-state index contributed by atoms with van der Waals surface area (Å²) in [5.74, 6) is 1.03. The Morgan fingerprint density at radius 2 is 2.15 bits per heavy atom. The third-order valence-electron chi connectivity index (χ3n) is 5.51. The molecular weight excluding hydrogens is 324 g/mol. The number of nitrogens with zero attached hydrogens (tertiary/aromatic N) is 3. The first-order chi connectivity index (χ1) is 12.5. The number of rotatable bonds is 7. The molecule has 1 aromatic rings. The van der Waals surface area contributed by atoms with Gasteiger partial charge in [0.2, 0.25) is 0 Å². The minimum Gasteiger partial charge on any atom is -0.356 e. The van der Waals surface area contributed by atoms with Gasteiger partial charge in [-0.25, -0.2) is 0 Å². The topological polar surface area (TPSA) is 49.6 Å². The maximum atomic E-state index is 11.9. The lowest BCUT2D eigenvalue weighted by Crippen LogP contribution is -2.50. The van der Waals surface area contributed by atoms with Crippen molar-refractivity contribution in [2.45, 2.75) is 65.8 Å². The van der Waals surface area contributed by atoms with Crippen LogP contribution in [0.2, 0.25) is 0 Å². The maximum Gasteiger partial charge on any atom is 0.250 e. The highest BCUT2D eigenvalue weighted by molar-refractivity contribution is 5.80. The molecule has 1 fully saturated rings. The molecular formula is C21H36N4O. The van der Waals surface area contributed by atoms with Gasteiger partial charge in [-0.3, -0.25) is 9.79 Å². The van der Waals surface area contributed by atoms with Crippen LogP contribution in [0.3, 0.4) is 0 Å². The van der Waals surface area contributed by atoms with Gasteiger partial charge >= 0.3 is 0 Å². The summed E-state index contributed by atoms with van der Waals surface area (Å²) in [6.07, 6.45) is 7.11. The fourth-order valence-electron chi connectivity index (χ4n) is 4.14. The highest BCUT2D eigenvalue weighted by Gasteiger charge is 2.31. The molecule has 1 N–H and O–H groups in total. The largest absolute Gasteiger partial charge is 0.356 e. The van der Waals surface area contributed by atoms with Crippen LogP contribution in [0.5, 0.6) is 0 Å². The molecule has 1 atom stereocenters. The molecule has 0 aromatic carbocycles. The van der Waals surface area contributed by atoms with Crippen LogP contribution in [-0.4, -0.2) is 42.1 Å². The number of aliphatic imine (C=N–C) groups is 1. The van der Waals surface area contributed by atoms with Gasteiger partial charge in [-0.2, -0.15) is 0 Å². The molecule has 26 heavy (non-hydrogen) atoms. The molecule has 0 bridgehead atoms. The Bertz CT molecular complexity index is 648. The summed E-state index contributed by atoms with van der Waals surface area (Å²) in [6.45, 7) is 10.5. The fourth-order valence-corrected chi connectivity index (χ4v) is 4.14. The standard InChI is InChI=1S/C21H36N4O/c1-5-12-21(3)13-9-15-24(17-21)20(22-4)23-14-6-7-16-25-18(2)10-8-11-19(25)26/h8,10-11H,5-7,9,12-17H2,1-4H3,(H,22,23). The van der Waals surface area contributed by atoms with Crippen LogP contribution in [0.4, 0.5) is 0 Å². The molecule has 2 rings (SSSR count). The van der Waals surface area contributed by atoms with Gasteiger partial charge < -0.3 is 14.8 Å². The van der Waals surface area contributed by atoms with Crippen molar-refractivity contribution < 1.29 is 0 Å². The Hall–Kier alpha value is -1.78. The van der Waals surface area contributed by atoms with Crippen LogP contribution in [0.25, 0.3) is 0 Å². The van der Waals surface area contributed by atoms with Crippen molar-refractivity contribution in [3.8, 4) is 0 Å². The summed E-state index contributed by atoms with van der Waals surface area (Å²) in [6, 6.07) is 5.45. The second kappa shape index (κ2) is 9.79. The van der Waals surface area contributed by atoms with E-state index in [4.69, 9.17) is 0 Å². The minimum atomic E-state index is 0.0947. The summed E-state index contributed by atoms with van der Waals surface area (Å²) in [4.78, 5) is 18.8. The van der Waals surface area contributed by atoms with Crippen LogP contribution in [0.1, 0.15) is 58.1 Å². The Morgan fingerprint density at radius 3 is 2.85 bits per heavy atom. The average molecular weight is 361 g/mol. The van der Waals surface area contributed by atoms with Crippen molar-refractivity contribution >= 4 is 5.96 Å². The summed E-state index contributed by atoms with van der Waals surface area (Å²) >= 11 is 0. The van der Waals surface area contributed by atoms with E-state index in [1.807, 2.05) is 30.7 Å². The average Bonchev–Trinajstić information content (AvgIpc) is 2.60. The first-order valence-electron chi connectivity index (χ1n) is 10.1. The third-order valence-corrected chi connectivity index (χ3v) is 5.51. The van der Waals surface area contributed by atoms with E-state index in [1.54, 1.807) is 6.07 Å². The van der Waals surface area contributed by atoms with Crippen LogP contribution in [0.15, 0.2) is 28.0 Å². The number of aryl methyl sites for hydroxylation is 1.